The molecule has 78 valence electrons. The molecule has 0 bridgehead atoms. The van der Waals surface area contributed by atoms with Gasteiger partial charge in [0.15, 0.2) is 0 Å². The molecule has 0 radical (unpaired) electrons. The lowest BCUT2D eigenvalue weighted by Crippen LogP contribution is -1.97. The third kappa shape index (κ3) is 3.52. The van der Waals surface area contributed by atoms with E-state index in [4.69, 9.17) is 17.3 Å². The minimum atomic E-state index is 0.553. The minimum absolute atomic E-state index is 0.553. The summed E-state index contributed by atoms with van der Waals surface area (Å²) in [5.74, 6) is 0.974. The minimum Gasteiger partial charge on any atom is -0.326 e. The zero-order valence-corrected chi connectivity index (χ0v) is 10.2. The highest BCUT2D eigenvalue weighted by atomic mass is 35.5. The Morgan fingerprint density at radius 3 is 2.64 bits per heavy atom. The normalized spacial score (nSPS) is 10.9. The molecule has 0 aliphatic rings. The molecule has 2 N–H and O–H groups in total. The van der Waals surface area contributed by atoms with Crippen LogP contribution in [0.25, 0.3) is 0 Å². The maximum atomic E-state index is 6.12. The van der Waals surface area contributed by atoms with Crippen molar-refractivity contribution in [1.82, 2.24) is 0 Å². The van der Waals surface area contributed by atoms with Crippen LogP contribution in [-0.4, -0.2) is 5.25 Å². The highest BCUT2D eigenvalue weighted by Crippen LogP contribution is 2.24. The van der Waals surface area contributed by atoms with Crippen LogP contribution >= 0.6 is 23.4 Å². The van der Waals surface area contributed by atoms with Crippen molar-refractivity contribution in [3.63, 3.8) is 0 Å². The molecule has 0 atom stereocenters. The molecule has 14 heavy (non-hydrogen) atoms. The monoisotopic (exact) mass is 229 g/mol. The smallest absolute Gasteiger partial charge is 0.0449 e. The molecule has 0 unspecified atom stereocenters. The molecule has 0 fully saturated rings. The second kappa shape index (κ2) is 5.64. The molecule has 0 aliphatic carbocycles. The van der Waals surface area contributed by atoms with Gasteiger partial charge in [-0.2, -0.15) is 11.8 Å². The van der Waals surface area contributed by atoms with Crippen molar-refractivity contribution in [3.05, 3.63) is 34.3 Å². The predicted octanol–water partition coefficient (Wildman–Crippen LogP) is 3.44. The summed E-state index contributed by atoms with van der Waals surface area (Å²) in [6.07, 6.45) is 0. The maximum absolute atomic E-state index is 6.12. The third-order valence-corrected chi connectivity index (χ3v) is 3.42. The van der Waals surface area contributed by atoms with Gasteiger partial charge in [0.2, 0.25) is 0 Å². The Hall–Kier alpha value is -0.180. The largest absolute Gasteiger partial charge is 0.326 e. The van der Waals surface area contributed by atoms with Crippen LogP contribution in [0.2, 0.25) is 5.02 Å². The molecule has 1 rings (SSSR count). The van der Waals surface area contributed by atoms with Gasteiger partial charge in [0.25, 0.3) is 0 Å². The lowest BCUT2D eigenvalue weighted by molar-refractivity contribution is 1.07. The van der Waals surface area contributed by atoms with Crippen molar-refractivity contribution in [3.8, 4) is 0 Å². The summed E-state index contributed by atoms with van der Waals surface area (Å²) in [6, 6.07) is 6.07. The molecule has 0 saturated carbocycles. The van der Waals surface area contributed by atoms with E-state index in [1.165, 1.54) is 5.56 Å². The number of thioether (sulfide) groups is 1. The fourth-order valence-electron chi connectivity index (χ4n) is 1.09. The highest BCUT2D eigenvalue weighted by molar-refractivity contribution is 7.99. The van der Waals surface area contributed by atoms with Gasteiger partial charge in [-0.3, -0.25) is 0 Å². The van der Waals surface area contributed by atoms with E-state index in [-0.39, 0.29) is 0 Å². The molecule has 1 nitrogen and oxygen atoms in total. The lowest BCUT2D eigenvalue weighted by Gasteiger charge is -2.07. The zero-order chi connectivity index (χ0) is 10.6. The fraction of sp³-hybridized carbons (Fsp3) is 0.455. The molecular weight excluding hydrogens is 214 g/mol. The molecule has 3 heteroatoms. The van der Waals surface area contributed by atoms with Crippen LogP contribution < -0.4 is 5.73 Å². The standard InChI is InChI=1S/C11H16ClNS/c1-8(2)14-7-10-4-3-9(6-13)5-11(10)12/h3-5,8H,6-7,13H2,1-2H3. The average Bonchev–Trinajstić information content (AvgIpc) is 2.15. The fourth-order valence-corrected chi connectivity index (χ4v) is 2.21. The van der Waals surface area contributed by atoms with Crippen LogP contribution in [0.15, 0.2) is 18.2 Å². The van der Waals surface area contributed by atoms with Gasteiger partial charge in [0, 0.05) is 17.3 Å². The van der Waals surface area contributed by atoms with Crippen LogP contribution in [0.4, 0.5) is 0 Å². The van der Waals surface area contributed by atoms with Crippen molar-refractivity contribution in [1.29, 1.82) is 0 Å². The maximum Gasteiger partial charge on any atom is 0.0449 e. The molecule has 0 heterocycles. The quantitative estimate of drug-likeness (QED) is 0.856. The molecular formula is C11H16ClNS. The van der Waals surface area contributed by atoms with Crippen molar-refractivity contribution in [2.45, 2.75) is 31.4 Å². The highest BCUT2D eigenvalue weighted by Gasteiger charge is 2.02. The van der Waals surface area contributed by atoms with Gasteiger partial charge in [-0.1, -0.05) is 37.6 Å². The number of hydrogen-bond donors (Lipinski definition) is 1. The predicted molar refractivity (Wildman–Crippen MR) is 65.8 cm³/mol. The molecule has 0 aromatic heterocycles. The van der Waals surface area contributed by atoms with E-state index in [0.717, 1.165) is 16.3 Å². The molecule has 1 aromatic rings. The number of halogens is 1. The second-order valence-corrected chi connectivity index (χ2v) is 5.46. The number of rotatable bonds is 4. The van der Waals surface area contributed by atoms with Crippen molar-refractivity contribution < 1.29 is 0 Å². The SMILES string of the molecule is CC(C)SCc1ccc(CN)cc1Cl. The zero-order valence-electron chi connectivity index (χ0n) is 8.59. The first-order chi connectivity index (χ1) is 6.63. The summed E-state index contributed by atoms with van der Waals surface area (Å²) in [4.78, 5) is 0. The Kier molecular flexibility index (Phi) is 4.79. The Bertz CT molecular complexity index is 299. The van der Waals surface area contributed by atoms with Gasteiger partial charge < -0.3 is 5.73 Å². The van der Waals surface area contributed by atoms with Crippen LogP contribution in [-0.2, 0) is 12.3 Å². The molecule has 0 aliphatic heterocycles. The molecule has 0 saturated heterocycles. The first-order valence-corrected chi connectivity index (χ1v) is 6.15. The van der Waals surface area contributed by atoms with Gasteiger partial charge in [0.1, 0.15) is 0 Å². The number of hydrogen-bond acceptors (Lipinski definition) is 2. The summed E-state index contributed by atoms with van der Waals surface area (Å²) in [7, 11) is 0. The van der Waals surface area contributed by atoms with E-state index in [2.05, 4.69) is 19.9 Å². The summed E-state index contributed by atoms with van der Waals surface area (Å²) >= 11 is 8.02. The van der Waals surface area contributed by atoms with Crippen LogP contribution in [0.3, 0.4) is 0 Å². The van der Waals surface area contributed by atoms with Crippen molar-refractivity contribution in [2.75, 3.05) is 0 Å². The summed E-state index contributed by atoms with van der Waals surface area (Å²) < 4.78 is 0. The van der Waals surface area contributed by atoms with E-state index in [9.17, 15) is 0 Å². The second-order valence-electron chi connectivity index (χ2n) is 3.49. The van der Waals surface area contributed by atoms with Gasteiger partial charge in [0.05, 0.1) is 0 Å². The third-order valence-electron chi connectivity index (χ3n) is 1.93. The van der Waals surface area contributed by atoms with E-state index in [1.807, 2.05) is 23.9 Å². The number of nitrogens with two attached hydrogens (primary N) is 1. The summed E-state index contributed by atoms with van der Waals surface area (Å²) in [5.41, 5.74) is 7.81. The van der Waals surface area contributed by atoms with Crippen LogP contribution in [0.5, 0.6) is 0 Å². The molecule has 0 amide bonds. The number of benzene rings is 1. The Labute approximate surface area is 95.0 Å². The Balaban J connectivity index is 2.69. The average molecular weight is 230 g/mol. The Morgan fingerprint density at radius 2 is 2.14 bits per heavy atom. The summed E-state index contributed by atoms with van der Waals surface area (Å²) in [5, 5.41) is 1.47. The first-order valence-electron chi connectivity index (χ1n) is 4.72. The lowest BCUT2D eigenvalue weighted by atomic mass is 10.1. The van der Waals surface area contributed by atoms with Gasteiger partial charge >= 0.3 is 0 Å². The summed E-state index contributed by atoms with van der Waals surface area (Å²) in [6.45, 7) is 4.93. The topological polar surface area (TPSA) is 26.0 Å². The van der Waals surface area contributed by atoms with Gasteiger partial charge in [-0.15, -0.1) is 0 Å². The van der Waals surface area contributed by atoms with Gasteiger partial charge in [-0.05, 0) is 22.4 Å². The van der Waals surface area contributed by atoms with E-state index < -0.39 is 0 Å². The van der Waals surface area contributed by atoms with E-state index >= 15 is 0 Å². The first kappa shape index (κ1) is 11.9. The van der Waals surface area contributed by atoms with Gasteiger partial charge in [-0.25, -0.2) is 0 Å². The van der Waals surface area contributed by atoms with Crippen LogP contribution in [0.1, 0.15) is 25.0 Å². The van der Waals surface area contributed by atoms with Crippen LogP contribution in [0, 0.1) is 0 Å². The van der Waals surface area contributed by atoms with E-state index in [0.29, 0.717) is 11.8 Å². The Morgan fingerprint density at radius 1 is 1.43 bits per heavy atom. The molecule has 1 aromatic carbocycles. The van der Waals surface area contributed by atoms with Crippen molar-refractivity contribution >= 4 is 23.4 Å². The molecule has 0 spiro atoms. The van der Waals surface area contributed by atoms with E-state index in [1.54, 1.807) is 0 Å². The van der Waals surface area contributed by atoms with Crippen molar-refractivity contribution in [2.24, 2.45) is 5.73 Å².